The van der Waals surface area contributed by atoms with Gasteiger partial charge in [0.2, 0.25) is 0 Å². The Hall–Kier alpha value is -2.37. The highest BCUT2D eigenvalue weighted by Crippen LogP contribution is 2.40. The molecule has 0 amide bonds. The van der Waals surface area contributed by atoms with Crippen molar-refractivity contribution in [2.45, 2.75) is 77.8 Å². The first-order valence-electron chi connectivity index (χ1n) is 12.9. The van der Waals surface area contributed by atoms with E-state index in [1.165, 1.54) is 32.3 Å². The van der Waals surface area contributed by atoms with Gasteiger partial charge in [-0.25, -0.2) is 0 Å². The van der Waals surface area contributed by atoms with Crippen LogP contribution in [0.2, 0.25) is 0 Å². The van der Waals surface area contributed by atoms with Crippen molar-refractivity contribution >= 4 is 57.5 Å². The summed E-state index contributed by atoms with van der Waals surface area (Å²) in [6.07, 6.45) is 0. The second-order valence-electron chi connectivity index (χ2n) is 12.3. The summed E-state index contributed by atoms with van der Waals surface area (Å²) in [7, 11) is -0.849. The predicted octanol–water partition coefficient (Wildman–Crippen LogP) is 5.74. The van der Waals surface area contributed by atoms with Gasteiger partial charge in [-0.1, -0.05) is 60.7 Å². The summed E-state index contributed by atoms with van der Waals surface area (Å²) in [5.41, 5.74) is 0.501. The Bertz CT molecular complexity index is 1480. The number of rotatable bonds is 2. The molecule has 2 fully saturated rings. The van der Waals surface area contributed by atoms with E-state index in [0.29, 0.717) is 0 Å². The summed E-state index contributed by atoms with van der Waals surface area (Å²) in [5.74, 6) is 0. The van der Waals surface area contributed by atoms with Crippen molar-refractivity contribution in [3.63, 3.8) is 0 Å². The first kappa shape index (κ1) is 24.0. The number of hydrogen-bond donors (Lipinski definition) is 0. The van der Waals surface area contributed by atoms with E-state index in [0.717, 1.165) is 10.9 Å². The lowest BCUT2D eigenvalue weighted by molar-refractivity contribution is 0.00578. The molecule has 0 radical (unpaired) electrons. The average molecular weight is 480 g/mol. The van der Waals surface area contributed by atoms with Crippen LogP contribution >= 0.6 is 0 Å². The van der Waals surface area contributed by atoms with Crippen molar-refractivity contribution in [2.75, 3.05) is 0 Å². The normalized spacial score (nSPS) is 22.2. The highest BCUT2D eigenvalue weighted by atomic mass is 16.7. The average Bonchev–Trinajstić information content (AvgIpc) is 3.18. The molecule has 184 valence electrons. The zero-order valence-corrected chi connectivity index (χ0v) is 22.6. The smallest absolute Gasteiger partial charge is 0.399 e. The second kappa shape index (κ2) is 7.58. The molecule has 4 nitrogen and oxygen atoms in total. The fourth-order valence-corrected chi connectivity index (χ4v) is 5.34. The minimum Gasteiger partial charge on any atom is -0.399 e. The standard InChI is InChI=1S/C30H34B2O4/c1-27(2)28(3,4)34-31(33-27)19-16-17-23-24(18-19)21-13-10-9-12-20(21)22-14-11-15-25(26(22)23)32-35-29(5,6)30(7,8)36-32/h9-18H,1-8H3. The molecular weight excluding hydrogens is 446 g/mol. The van der Waals surface area contributed by atoms with Crippen molar-refractivity contribution < 1.29 is 18.6 Å². The van der Waals surface area contributed by atoms with E-state index < -0.39 is 25.4 Å². The molecule has 6 heteroatoms. The van der Waals surface area contributed by atoms with E-state index in [4.69, 9.17) is 18.6 Å². The largest absolute Gasteiger partial charge is 0.495 e. The molecule has 4 aromatic rings. The summed E-state index contributed by atoms with van der Waals surface area (Å²) >= 11 is 0. The zero-order chi connectivity index (χ0) is 25.7. The lowest BCUT2D eigenvalue weighted by atomic mass is 9.73. The third-order valence-corrected chi connectivity index (χ3v) is 8.95. The molecule has 4 aromatic carbocycles. The quantitative estimate of drug-likeness (QED) is 0.271. The Kier molecular flexibility index (Phi) is 5.05. The molecule has 2 aliphatic rings. The summed E-state index contributed by atoms with van der Waals surface area (Å²) in [6.45, 7) is 16.8. The first-order valence-corrected chi connectivity index (χ1v) is 12.9. The maximum Gasteiger partial charge on any atom is 0.495 e. The SMILES string of the molecule is CC1(C)OB(c2ccc3c(c2)c2ccccc2c2cccc(B4OC(C)(C)C(C)(C)O4)c23)OC1(C)C. The molecule has 2 aliphatic heterocycles. The van der Waals surface area contributed by atoms with E-state index in [2.05, 4.69) is 116 Å². The van der Waals surface area contributed by atoms with Gasteiger partial charge in [0.1, 0.15) is 0 Å². The van der Waals surface area contributed by atoms with Crippen molar-refractivity contribution in [3.05, 3.63) is 60.7 Å². The van der Waals surface area contributed by atoms with Gasteiger partial charge >= 0.3 is 14.2 Å². The minimum atomic E-state index is -0.439. The second-order valence-corrected chi connectivity index (χ2v) is 12.3. The van der Waals surface area contributed by atoms with E-state index in [-0.39, 0.29) is 11.2 Å². The van der Waals surface area contributed by atoms with Crippen LogP contribution in [0, 0.1) is 0 Å². The highest BCUT2D eigenvalue weighted by Gasteiger charge is 2.53. The van der Waals surface area contributed by atoms with Gasteiger partial charge in [-0.2, -0.15) is 0 Å². The predicted molar refractivity (Wildman–Crippen MR) is 150 cm³/mol. The van der Waals surface area contributed by atoms with Crippen LogP contribution < -0.4 is 10.9 Å². The van der Waals surface area contributed by atoms with Crippen LogP contribution in [0.25, 0.3) is 32.3 Å². The maximum absolute atomic E-state index is 6.51. The van der Waals surface area contributed by atoms with Crippen LogP contribution in [0.4, 0.5) is 0 Å². The van der Waals surface area contributed by atoms with Gasteiger partial charge < -0.3 is 18.6 Å². The Morgan fingerprint density at radius 3 is 1.53 bits per heavy atom. The summed E-state index contributed by atoms with van der Waals surface area (Å²) < 4.78 is 25.8. The van der Waals surface area contributed by atoms with E-state index in [1.54, 1.807) is 0 Å². The van der Waals surface area contributed by atoms with Gasteiger partial charge in [-0.15, -0.1) is 0 Å². The molecule has 0 atom stereocenters. The fraction of sp³-hybridized carbons (Fsp3) is 0.400. The van der Waals surface area contributed by atoms with Crippen molar-refractivity contribution in [3.8, 4) is 0 Å². The molecular formula is C30H34B2O4. The molecule has 2 saturated heterocycles. The summed E-state index contributed by atoms with van der Waals surface area (Å²) in [4.78, 5) is 0. The van der Waals surface area contributed by atoms with Gasteiger partial charge in [0.15, 0.2) is 0 Å². The summed E-state index contributed by atoms with van der Waals surface area (Å²) in [5, 5.41) is 7.15. The molecule has 36 heavy (non-hydrogen) atoms. The molecule has 0 unspecified atom stereocenters. The third-order valence-electron chi connectivity index (χ3n) is 8.95. The van der Waals surface area contributed by atoms with Crippen LogP contribution in [-0.2, 0) is 18.6 Å². The molecule has 0 aromatic heterocycles. The van der Waals surface area contributed by atoms with Crippen LogP contribution in [0.1, 0.15) is 55.4 Å². The van der Waals surface area contributed by atoms with E-state index in [9.17, 15) is 0 Å². The minimum absolute atomic E-state index is 0.387. The molecule has 0 spiro atoms. The van der Waals surface area contributed by atoms with Gasteiger partial charge in [0.05, 0.1) is 22.4 Å². The van der Waals surface area contributed by atoms with Crippen molar-refractivity contribution in [2.24, 2.45) is 0 Å². The zero-order valence-electron chi connectivity index (χ0n) is 22.6. The van der Waals surface area contributed by atoms with Crippen LogP contribution in [0.3, 0.4) is 0 Å². The van der Waals surface area contributed by atoms with E-state index >= 15 is 0 Å². The highest BCUT2D eigenvalue weighted by molar-refractivity contribution is 6.66. The van der Waals surface area contributed by atoms with Crippen LogP contribution in [0.15, 0.2) is 60.7 Å². The van der Waals surface area contributed by atoms with Crippen molar-refractivity contribution in [1.29, 1.82) is 0 Å². The molecule has 2 heterocycles. The number of benzene rings is 4. The van der Waals surface area contributed by atoms with Gasteiger partial charge in [-0.3, -0.25) is 0 Å². The maximum atomic E-state index is 6.51. The number of fused-ring (bicyclic) bond motifs is 6. The lowest BCUT2D eigenvalue weighted by Crippen LogP contribution is -2.41. The number of hydrogen-bond acceptors (Lipinski definition) is 4. The van der Waals surface area contributed by atoms with Crippen LogP contribution in [0.5, 0.6) is 0 Å². The summed E-state index contributed by atoms with van der Waals surface area (Å²) in [6, 6.07) is 21.6. The topological polar surface area (TPSA) is 36.9 Å². The van der Waals surface area contributed by atoms with Gasteiger partial charge in [0.25, 0.3) is 0 Å². The van der Waals surface area contributed by atoms with Gasteiger partial charge in [-0.05, 0) is 98.6 Å². The Morgan fingerprint density at radius 2 is 0.944 bits per heavy atom. The van der Waals surface area contributed by atoms with Crippen molar-refractivity contribution in [1.82, 2.24) is 0 Å². The molecule has 0 N–H and O–H groups in total. The Labute approximate surface area is 214 Å². The van der Waals surface area contributed by atoms with Crippen LogP contribution in [-0.4, -0.2) is 36.6 Å². The third kappa shape index (κ3) is 3.39. The Balaban J connectivity index is 1.60. The molecule has 0 saturated carbocycles. The van der Waals surface area contributed by atoms with Gasteiger partial charge in [0, 0.05) is 0 Å². The lowest BCUT2D eigenvalue weighted by Gasteiger charge is -2.32. The Morgan fingerprint density at radius 1 is 0.472 bits per heavy atom. The first-order chi connectivity index (χ1) is 16.8. The van der Waals surface area contributed by atoms with E-state index in [1.807, 2.05) is 0 Å². The molecule has 6 rings (SSSR count). The monoisotopic (exact) mass is 480 g/mol. The molecule has 0 bridgehead atoms. The fourth-order valence-electron chi connectivity index (χ4n) is 5.34. The molecule has 0 aliphatic carbocycles.